The van der Waals surface area contributed by atoms with Gasteiger partial charge in [0, 0.05) is 6.42 Å². The Labute approximate surface area is 95.9 Å². The van der Waals surface area contributed by atoms with E-state index >= 15 is 0 Å². The van der Waals surface area contributed by atoms with Crippen molar-refractivity contribution in [2.75, 3.05) is 7.11 Å². The lowest BCUT2D eigenvalue weighted by atomic mass is 10.1. The number of nitrogens with one attached hydrogen (secondary N) is 1. The van der Waals surface area contributed by atoms with Crippen LogP contribution < -0.4 is 5.73 Å². The van der Waals surface area contributed by atoms with Crippen molar-refractivity contribution in [2.24, 2.45) is 5.73 Å². The number of nitrogens with two attached hydrogens (primary N) is 1. The largest absolute Gasteiger partial charge is 0.465 e. The SMILES string of the molecule is CC.COC(=O)c1ccc(CC(=N)N)cc1. The monoisotopic (exact) mass is 222 g/mol. The summed E-state index contributed by atoms with van der Waals surface area (Å²) in [5.74, 6) is -0.254. The lowest BCUT2D eigenvalue weighted by Gasteiger charge is -2.01. The summed E-state index contributed by atoms with van der Waals surface area (Å²) in [5.41, 5.74) is 6.65. The number of carbonyl (C=O) groups excluding carboxylic acids is 1. The van der Waals surface area contributed by atoms with Gasteiger partial charge in [0.15, 0.2) is 0 Å². The molecular weight excluding hydrogens is 204 g/mol. The van der Waals surface area contributed by atoms with Crippen LogP contribution in [0.2, 0.25) is 0 Å². The van der Waals surface area contributed by atoms with Gasteiger partial charge in [0.1, 0.15) is 0 Å². The molecule has 0 saturated carbocycles. The molecule has 1 aromatic carbocycles. The van der Waals surface area contributed by atoms with E-state index in [1.165, 1.54) is 7.11 Å². The minimum Gasteiger partial charge on any atom is -0.465 e. The normalized spacial score (nSPS) is 8.69. The zero-order valence-corrected chi connectivity index (χ0v) is 9.91. The van der Waals surface area contributed by atoms with Crippen molar-refractivity contribution < 1.29 is 9.53 Å². The van der Waals surface area contributed by atoms with E-state index in [9.17, 15) is 4.79 Å². The van der Waals surface area contributed by atoms with Gasteiger partial charge >= 0.3 is 5.97 Å². The third-order valence-electron chi connectivity index (χ3n) is 1.77. The zero-order valence-electron chi connectivity index (χ0n) is 9.91. The van der Waals surface area contributed by atoms with Gasteiger partial charge in [-0.1, -0.05) is 26.0 Å². The second kappa shape index (κ2) is 7.45. The number of amidine groups is 1. The van der Waals surface area contributed by atoms with Crippen LogP contribution in [0.5, 0.6) is 0 Å². The first-order chi connectivity index (χ1) is 7.63. The average molecular weight is 222 g/mol. The fraction of sp³-hybridized carbons (Fsp3) is 0.333. The van der Waals surface area contributed by atoms with Gasteiger partial charge in [-0.3, -0.25) is 5.41 Å². The van der Waals surface area contributed by atoms with Crippen LogP contribution in [0.4, 0.5) is 0 Å². The molecule has 0 aromatic heterocycles. The molecule has 0 amide bonds. The Morgan fingerprint density at radius 2 is 1.81 bits per heavy atom. The smallest absolute Gasteiger partial charge is 0.337 e. The zero-order chi connectivity index (χ0) is 12.6. The van der Waals surface area contributed by atoms with E-state index in [-0.39, 0.29) is 11.8 Å². The predicted molar refractivity (Wildman–Crippen MR) is 64.7 cm³/mol. The maximum absolute atomic E-state index is 11.1. The Kier molecular flexibility index (Phi) is 6.59. The summed E-state index contributed by atoms with van der Waals surface area (Å²) in [5, 5.41) is 7.09. The molecule has 0 bridgehead atoms. The van der Waals surface area contributed by atoms with Crippen molar-refractivity contribution in [3.05, 3.63) is 35.4 Å². The molecule has 0 aliphatic heterocycles. The minimum atomic E-state index is -0.362. The summed E-state index contributed by atoms with van der Waals surface area (Å²) in [6.07, 6.45) is 0.404. The van der Waals surface area contributed by atoms with Crippen LogP contribution >= 0.6 is 0 Å². The molecule has 1 rings (SSSR count). The molecule has 1 aromatic rings. The second-order valence-corrected chi connectivity index (χ2v) is 2.89. The molecule has 0 fully saturated rings. The first kappa shape index (κ1) is 14.2. The van der Waals surface area contributed by atoms with Crippen LogP contribution in [0.3, 0.4) is 0 Å². The number of rotatable bonds is 3. The van der Waals surface area contributed by atoms with E-state index in [4.69, 9.17) is 11.1 Å². The van der Waals surface area contributed by atoms with Gasteiger partial charge in [-0.2, -0.15) is 0 Å². The Bertz CT molecular complexity index is 345. The van der Waals surface area contributed by atoms with Gasteiger partial charge < -0.3 is 10.5 Å². The second-order valence-electron chi connectivity index (χ2n) is 2.89. The highest BCUT2D eigenvalue weighted by molar-refractivity contribution is 5.89. The summed E-state index contributed by atoms with van der Waals surface area (Å²) < 4.78 is 4.55. The number of carbonyl (C=O) groups is 1. The van der Waals surface area contributed by atoms with Crippen molar-refractivity contribution in [3.8, 4) is 0 Å². The van der Waals surface area contributed by atoms with Crippen LogP contribution in [0.1, 0.15) is 29.8 Å². The lowest BCUT2D eigenvalue weighted by Crippen LogP contribution is -2.12. The van der Waals surface area contributed by atoms with E-state index in [1.807, 2.05) is 13.8 Å². The average Bonchev–Trinajstić information content (AvgIpc) is 2.31. The molecule has 3 N–H and O–H groups in total. The summed E-state index contributed by atoms with van der Waals surface area (Å²) in [6, 6.07) is 6.83. The van der Waals surface area contributed by atoms with Crippen LogP contribution in [0.25, 0.3) is 0 Å². The van der Waals surface area contributed by atoms with Crippen LogP contribution in [0, 0.1) is 5.41 Å². The third kappa shape index (κ3) is 4.59. The molecule has 4 nitrogen and oxygen atoms in total. The number of methoxy groups -OCH3 is 1. The van der Waals surface area contributed by atoms with E-state index in [0.717, 1.165) is 5.56 Å². The summed E-state index contributed by atoms with van der Waals surface area (Å²) in [4.78, 5) is 11.1. The lowest BCUT2D eigenvalue weighted by molar-refractivity contribution is 0.0600. The molecule has 0 radical (unpaired) electrons. The first-order valence-corrected chi connectivity index (χ1v) is 5.13. The number of ether oxygens (including phenoxy) is 1. The predicted octanol–water partition coefficient (Wildman–Crippen LogP) is 1.98. The molecule has 0 saturated heterocycles. The Hall–Kier alpha value is -1.84. The summed E-state index contributed by atoms with van der Waals surface area (Å²) in [7, 11) is 1.34. The quantitative estimate of drug-likeness (QED) is 0.466. The van der Waals surface area contributed by atoms with Gasteiger partial charge in [0.2, 0.25) is 0 Å². The molecule has 0 unspecified atom stereocenters. The standard InChI is InChI=1S/C10H12N2O2.C2H6/c1-14-10(13)8-4-2-7(3-5-8)6-9(11)12;1-2/h2-5H,6H2,1H3,(H3,11,12);1-2H3. The van der Waals surface area contributed by atoms with Gasteiger partial charge in [-0.25, -0.2) is 4.79 Å². The molecule has 0 aliphatic rings. The van der Waals surface area contributed by atoms with Gasteiger partial charge in [-0.05, 0) is 17.7 Å². The highest BCUT2D eigenvalue weighted by Gasteiger charge is 2.04. The minimum absolute atomic E-state index is 0.107. The fourth-order valence-corrected chi connectivity index (χ4v) is 1.10. The summed E-state index contributed by atoms with van der Waals surface area (Å²) in [6.45, 7) is 4.00. The van der Waals surface area contributed by atoms with Crippen molar-refractivity contribution in [2.45, 2.75) is 20.3 Å². The van der Waals surface area contributed by atoms with Gasteiger partial charge in [0.05, 0.1) is 18.5 Å². The molecular formula is C12H18N2O2. The van der Waals surface area contributed by atoms with Gasteiger partial charge in [-0.15, -0.1) is 0 Å². The van der Waals surface area contributed by atoms with E-state index in [1.54, 1.807) is 24.3 Å². The maximum atomic E-state index is 11.1. The Morgan fingerprint density at radius 3 is 2.19 bits per heavy atom. The fourth-order valence-electron chi connectivity index (χ4n) is 1.10. The molecule has 0 spiro atoms. The van der Waals surface area contributed by atoms with Crippen LogP contribution in [-0.4, -0.2) is 18.9 Å². The number of hydrogen-bond acceptors (Lipinski definition) is 3. The van der Waals surface area contributed by atoms with Crippen molar-refractivity contribution in [1.29, 1.82) is 5.41 Å². The van der Waals surface area contributed by atoms with Gasteiger partial charge in [0.25, 0.3) is 0 Å². The molecule has 16 heavy (non-hydrogen) atoms. The number of esters is 1. The number of benzene rings is 1. The molecule has 88 valence electrons. The van der Waals surface area contributed by atoms with Crippen molar-refractivity contribution >= 4 is 11.8 Å². The molecule has 4 heteroatoms. The molecule has 0 heterocycles. The van der Waals surface area contributed by atoms with E-state index in [2.05, 4.69) is 4.74 Å². The maximum Gasteiger partial charge on any atom is 0.337 e. The third-order valence-corrected chi connectivity index (χ3v) is 1.77. The van der Waals surface area contributed by atoms with Crippen LogP contribution in [-0.2, 0) is 11.2 Å². The first-order valence-electron chi connectivity index (χ1n) is 5.13. The molecule has 0 aliphatic carbocycles. The van der Waals surface area contributed by atoms with E-state index in [0.29, 0.717) is 12.0 Å². The molecule has 0 atom stereocenters. The summed E-state index contributed by atoms with van der Waals surface area (Å²) >= 11 is 0. The van der Waals surface area contributed by atoms with Crippen molar-refractivity contribution in [3.63, 3.8) is 0 Å². The highest BCUT2D eigenvalue weighted by atomic mass is 16.5. The Morgan fingerprint density at radius 1 is 1.31 bits per heavy atom. The van der Waals surface area contributed by atoms with E-state index < -0.39 is 0 Å². The Balaban J connectivity index is 0.00000106. The topological polar surface area (TPSA) is 76.2 Å². The number of hydrogen-bond donors (Lipinski definition) is 2. The van der Waals surface area contributed by atoms with Crippen molar-refractivity contribution in [1.82, 2.24) is 0 Å². The van der Waals surface area contributed by atoms with Crippen LogP contribution in [0.15, 0.2) is 24.3 Å². The highest BCUT2D eigenvalue weighted by Crippen LogP contribution is 2.06.